The molecule has 0 saturated heterocycles. The predicted molar refractivity (Wildman–Crippen MR) is 123 cm³/mol. The minimum absolute atomic E-state index is 0.0698. The summed E-state index contributed by atoms with van der Waals surface area (Å²) in [6.45, 7) is 0.420. The number of halogens is 1. The van der Waals surface area contributed by atoms with Crippen LogP contribution in [-0.2, 0) is 6.54 Å². The van der Waals surface area contributed by atoms with Gasteiger partial charge in [0.2, 0.25) is 0 Å². The van der Waals surface area contributed by atoms with E-state index in [2.05, 4.69) is 4.98 Å². The highest BCUT2D eigenvalue weighted by atomic mass is 32.1. The van der Waals surface area contributed by atoms with Crippen molar-refractivity contribution in [2.45, 2.75) is 6.54 Å². The molecule has 0 radical (unpaired) electrons. The monoisotopic (exact) mass is 425 g/mol. The molecule has 0 saturated carbocycles. The second-order valence-electron chi connectivity index (χ2n) is 7.46. The quantitative estimate of drug-likeness (QED) is 0.416. The molecule has 0 bridgehead atoms. The van der Waals surface area contributed by atoms with Crippen LogP contribution in [-0.4, -0.2) is 14.0 Å². The molecule has 3 aromatic carbocycles. The number of imidazole rings is 1. The first-order valence-electron chi connectivity index (χ1n) is 9.92. The lowest BCUT2D eigenvalue weighted by molar-refractivity contribution is 0.602. The van der Waals surface area contributed by atoms with Gasteiger partial charge in [0, 0.05) is 28.2 Å². The van der Waals surface area contributed by atoms with E-state index in [1.165, 1.54) is 17.4 Å². The van der Waals surface area contributed by atoms with Gasteiger partial charge in [0.15, 0.2) is 4.96 Å². The molecule has 3 aromatic heterocycles. The van der Waals surface area contributed by atoms with E-state index in [4.69, 9.17) is 0 Å². The summed E-state index contributed by atoms with van der Waals surface area (Å²) in [4.78, 5) is 18.4. The Morgan fingerprint density at radius 1 is 0.935 bits per heavy atom. The Hall–Kier alpha value is -3.77. The lowest BCUT2D eigenvalue weighted by atomic mass is 10.2. The van der Waals surface area contributed by atoms with Crippen molar-refractivity contribution in [2.75, 3.05) is 0 Å². The van der Waals surface area contributed by atoms with Crippen molar-refractivity contribution < 1.29 is 4.39 Å². The van der Waals surface area contributed by atoms with Crippen LogP contribution in [0.3, 0.4) is 0 Å². The molecule has 0 spiro atoms. The lowest BCUT2D eigenvalue weighted by Gasteiger charge is -2.06. The van der Waals surface area contributed by atoms with Gasteiger partial charge in [-0.25, -0.2) is 13.8 Å². The maximum Gasteiger partial charge on any atom is 0.274 e. The largest absolute Gasteiger partial charge is 0.342 e. The van der Waals surface area contributed by atoms with E-state index in [0.29, 0.717) is 21.6 Å². The van der Waals surface area contributed by atoms with E-state index in [-0.39, 0.29) is 11.4 Å². The van der Waals surface area contributed by atoms with E-state index in [1.54, 1.807) is 16.5 Å². The zero-order chi connectivity index (χ0) is 20.9. The van der Waals surface area contributed by atoms with Crippen LogP contribution >= 0.6 is 11.3 Å². The molecule has 6 heteroatoms. The van der Waals surface area contributed by atoms with Gasteiger partial charge in [-0.1, -0.05) is 59.9 Å². The second-order valence-corrected chi connectivity index (χ2v) is 8.46. The number of rotatable bonds is 3. The van der Waals surface area contributed by atoms with Crippen LogP contribution in [0.1, 0.15) is 11.1 Å². The van der Waals surface area contributed by atoms with E-state index < -0.39 is 0 Å². The molecular formula is C25H16FN3OS. The van der Waals surface area contributed by atoms with E-state index in [9.17, 15) is 9.18 Å². The van der Waals surface area contributed by atoms with Gasteiger partial charge in [-0.3, -0.25) is 4.79 Å². The Balaban J connectivity index is 1.54. The van der Waals surface area contributed by atoms with Crippen molar-refractivity contribution >= 4 is 44.3 Å². The molecule has 0 aliphatic carbocycles. The third-order valence-electron chi connectivity index (χ3n) is 5.55. The van der Waals surface area contributed by atoms with E-state index in [1.807, 2.05) is 71.4 Å². The van der Waals surface area contributed by atoms with Crippen molar-refractivity contribution in [1.29, 1.82) is 0 Å². The van der Waals surface area contributed by atoms with E-state index in [0.717, 1.165) is 27.5 Å². The van der Waals surface area contributed by atoms with Crippen LogP contribution in [0.15, 0.2) is 83.8 Å². The molecule has 150 valence electrons. The number of nitrogens with zero attached hydrogens (tertiary/aromatic N) is 3. The Morgan fingerprint density at radius 3 is 2.55 bits per heavy atom. The second kappa shape index (κ2) is 6.89. The molecule has 0 unspecified atom stereocenters. The zero-order valence-electron chi connectivity index (χ0n) is 16.3. The van der Waals surface area contributed by atoms with Gasteiger partial charge in [0.05, 0.1) is 22.1 Å². The minimum Gasteiger partial charge on any atom is -0.342 e. The molecule has 6 aromatic rings. The van der Waals surface area contributed by atoms with Crippen LogP contribution in [0.2, 0.25) is 0 Å². The number of benzene rings is 3. The predicted octanol–water partition coefficient (Wildman–Crippen LogP) is 4.60. The fourth-order valence-corrected chi connectivity index (χ4v) is 5.06. The van der Waals surface area contributed by atoms with Crippen LogP contribution in [0.25, 0.3) is 33.0 Å². The van der Waals surface area contributed by atoms with Crippen molar-refractivity contribution in [2.24, 2.45) is 0 Å². The standard InChI is InChI=1S/C25H16FN3OS/c26-19-9-3-1-7-16(19)14-28-15-17(18-8-2-5-11-21(18)28)13-23-24(30)29-22-12-6-4-10-20(22)27-25(29)31-23/h1-13,15H,14H2. The lowest BCUT2D eigenvalue weighted by Crippen LogP contribution is -2.22. The maximum absolute atomic E-state index is 14.2. The summed E-state index contributed by atoms with van der Waals surface area (Å²) in [5, 5.41) is 1.02. The summed E-state index contributed by atoms with van der Waals surface area (Å²) in [6, 6.07) is 22.4. The third-order valence-corrected chi connectivity index (χ3v) is 6.52. The average molecular weight is 425 g/mol. The third kappa shape index (κ3) is 2.87. The SMILES string of the molecule is O=c1c(=Cc2cn(Cc3ccccc3F)c3ccccc23)sc2nc3ccccc3n12. The van der Waals surface area contributed by atoms with Gasteiger partial charge in [-0.2, -0.15) is 0 Å². The molecule has 0 aliphatic rings. The zero-order valence-corrected chi connectivity index (χ0v) is 17.1. The summed E-state index contributed by atoms with van der Waals surface area (Å²) >= 11 is 1.38. The number of fused-ring (bicyclic) bond motifs is 4. The summed E-state index contributed by atoms with van der Waals surface area (Å²) < 4.78 is 18.5. The average Bonchev–Trinajstić information content (AvgIpc) is 3.42. The number of thiazole rings is 1. The van der Waals surface area contributed by atoms with Crippen molar-refractivity contribution in [3.05, 3.63) is 111 Å². The number of aromatic nitrogens is 3. The normalized spacial score (nSPS) is 12.5. The van der Waals surface area contributed by atoms with Gasteiger partial charge in [-0.15, -0.1) is 0 Å². The Bertz CT molecular complexity index is 1710. The van der Waals surface area contributed by atoms with Crippen molar-refractivity contribution in [3.8, 4) is 0 Å². The Morgan fingerprint density at radius 2 is 1.68 bits per heavy atom. The fraction of sp³-hybridized carbons (Fsp3) is 0.0400. The number of hydrogen-bond acceptors (Lipinski definition) is 3. The first-order chi connectivity index (χ1) is 15.2. The van der Waals surface area contributed by atoms with Crippen LogP contribution in [0.4, 0.5) is 4.39 Å². The molecule has 0 N–H and O–H groups in total. The molecule has 0 atom stereocenters. The highest BCUT2D eigenvalue weighted by Gasteiger charge is 2.13. The molecule has 0 aliphatic heterocycles. The van der Waals surface area contributed by atoms with Gasteiger partial charge in [0.1, 0.15) is 5.82 Å². The Kier molecular flexibility index (Phi) is 4.01. The first kappa shape index (κ1) is 18.0. The summed E-state index contributed by atoms with van der Waals surface area (Å²) in [5.74, 6) is -0.223. The van der Waals surface area contributed by atoms with Crippen LogP contribution < -0.4 is 10.1 Å². The summed E-state index contributed by atoms with van der Waals surface area (Å²) in [6.07, 6.45) is 3.90. The van der Waals surface area contributed by atoms with Crippen LogP contribution in [0.5, 0.6) is 0 Å². The maximum atomic E-state index is 14.2. The number of para-hydroxylation sites is 3. The molecule has 4 nitrogen and oxygen atoms in total. The smallest absolute Gasteiger partial charge is 0.274 e. The molecule has 31 heavy (non-hydrogen) atoms. The van der Waals surface area contributed by atoms with Crippen molar-refractivity contribution in [3.63, 3.8) is 0 Å². The summed E-state index contributed by atoms with van der Waals surface area (Å²) in [5.41, 5.74) is 4.12. The minimum atomic E-state index is -0.223. The fourth-order valence-electron chi connectivity index (χ4n) is 4.08. The topological polar surface area (TPSA) is 39.3 Å². The molecular weight excluding hydrogens is 409 g/mol. The van der Waals surface area contributed by atoms with Crippen LogP contribution in [0, 0.1) is 5.82 Å². The summed E-state index contributed by atoms with van der Waals surface area (Å²) in [7, 11) is 0. The van der Waals surface area contributed by atoms with Gasteiger partial charge in [0.25, 0.3) is 5.56 Å². The molecule has 3 heterocycles. The van der Waals surface area contributed by atoms with Gasteiger partial charge < -0.3 is 4.57 Å². The van der Waals surface area contributed by atoms with Gasteiger partial charge >= 0.3 is 0 Å². The Labute approximate surface area is 180 Å². The molecule has 0 fully saturated rings. The van der Waals surface area contributed by atoms with Crippen molar-refractivity contribution in [1.82, 2.24) is 14.0 Å². The molecule has 0 amide bonds. The first-order valence-corrected chi connectivity index (χ1v) is 10.7. The number of hydrogen-bond donors (Lipinski definition) is 0. The van der Waals surface area contributed by atoms with Gasteiger partial charge in [-0.05, 0) is 30.3 Å². The molecule has 6 rings (SSSR count). The highest BCUT2D eigenvalue weighted by Crippen LogP contribution is 2.24. The van der Waals surface area contributed by atoms with E-state index >= 15 is 0 Å². The highest BCUT2D eigenvalue weighted by molar-refractivity contribution is 7.15.